The van der Waals surface area contributed by atoms with E-state index in [-0.39, 0.29) is 12.2 Å². The third-order valence-electron chi connectivity index (χ3n) is 5.19. The summed E-state index contributed by atoms with van der Waals surface area (Å²) < 4.78 is 2.01. The smallest absolute Gasteiger partial charge is 0.303 e. The summed E-state index contributed by atoms with van der Waals surface area (Å²) in [5, 5.41) is 9.80. The Hall–Kier alpha value is -2.36. The van der Waals surface area contributed by atoms with Crippen molar-refractivity contribution in [1.82, 2.24) is 4.57 Å². The van der Waals surface area contributed by atoms with E-state index in [0.29, 0.717) is 18.5 Å². The molecular formula is C24H33NO3. The predicted molar refractivity (Wildman–Crippen MR) is 115 cm³/mol. The van der Waals surface area contributed by atoms with E-state index in [2.05, 4.69) is 13.0 Å². The van der Waals surface area contributed by atoms with Crippen molar-refractivity contribution in [3.8, 4) is 0 Å². The zero-order chi connectivity index (χ0) is 20.4. The maximum absolute atomic E-state index is 13.0. The second-order valence-corrected chi connectivity index (χ2v) is 7.52. The van der Waals surface area contributed by atoms with Crippen LogP contribution in [0.1, 0.15) is 82.0 Å². The van der Waals surface area contributed by atoms with Gasteiger partial charge in [0.15, 0.2) is 5.78 Å². The lowest BCUT2D eigenvalue weighted by Gasteiger charge is -2.03. The van der Waals surface area contributed by atoms with E-state index in [1.165, 1.54) is 32.1 Å². The summed E-state index contributed by atoms with van der Waals surface area (Å²) in [4.78, 5) is 23.8. The number of allylic oxidation sites excluding steroid dienone is 2. The molecule has 28 heavy (non-hydrogen) atoms. The Kier molecular flexibility index (Phi) is 8.99. The lowest BCUT2D eigenvalue weighted by Crippen LogP contribution is -2.02. The van der Waals surface area contributed by atoms with Crippen LogP contribution in [-0.4, -0.2) is 21.4 Å². The molecule has 1 N–H and O–H groups in total. The van der Waals surface area contributed by atoms with Gasteiger partial charge in [0.2, 0.25) is 0 Å². The number of rotatable bonds is 13. The van der Waals surface area contributed by atoms with Crippen LogP contribution in [0.4, 0.5) is 0 Å². The van der Waals surface area contributed by atoms with Crippen LogP contribution in [0.15, 0.2) is 42.1 Å². The molecular weight excluding hydrogens is 350 g/mol. The number of carboxylic acids is 1. The number of unbranched alkanes of at least 4 members (excludes halogenated alkanes) is 6. The molecule has 2 rings (SSSR count). The third kappa shape index (κ3) is 6.36. The third-order valence-corrected chi connectivity index (χ3v) is 5.19. The zero-order valence-electron chi connectivity index (χ0n) is 17.2. The van der Waals surface area contributed by atoms with Crippen molar-refractivity contribution in [2.24, 2.45) is 0 Å². The highest BCUT2D eigenvalue weighted by molar-refractivity contribution is 6.16. The Balaban J connectivity index is 2.03. The highest BCUT2D eigenvalue weighted by Crippen LogP contribution is 2.24. The summed E-state index contributed by atoms with van der Waals surface area (Å²) in [5.41, 5.74) is 2.49. The summed E-state index contributed by atoms with van der Waals surface area (Å²) >= 11 is 0. The number of fused-ring (bicyclic) bond motifs is 1. The molecule has 0 atom stereocenters. The fourth-order valence-corrected chi connectivity index (χ4v) is 3.56. The number of Topliss-reactive ketones (excluding diaryl/α,β-unsaturated/α-hetero) is 1. The van der Waals surface area contributed by atoms with Gasteiger partial charge in [-0.15, -0.1) is 0 Å². The molecule has 1 aromatic heterocycles. The molecule has 0 amide bonds. The van der Waals surface area contributed by atoms with Crippen LogP contribution >= 0.6 is 0 Å². The zero-order valence-corrected chi connectivity index (χ0v) is 17.2. The van der Waals surface area contributed by atoms with Gasteiger partial charge in [0, 0.05) is 35.6 Å². The number of hydrogen-bond acceptors (Lipinski definition) is 2. The Bertz CT molecular complexity index is 816. The molecule has 0 bridgehead atoms. The van der Waals surface area contributed by atoms with Crippen LogP contribution < -0.4 is 0 Å². The van der Waals surface area contributed by atoms with Gasteiger partial charge >= 0.3 is 5.97 Å². The standard InChI is InChI=1S/C24H33NO3/c1-3-4-5-6-7-8-9-13-19(2)24(28)21-18-25(17-12-16-23(26)27)22-15-11-10-14-20(21)22/h10-11,13-15,18H,3-9,12,16-17H2,1-2H3,(H,26,27)/b19-13+. The van der Waals surface area contributed by atoms with Crippen LogP contribution in [0.2, 0.25) is 0 Å². The first-order valence-electron chi connectivity index (χ1n) is 10.6. The molecule has 0 radical (unpaired) electrons. The first-order valence-corrected chi connectivity index (χ1v) is 10.6. The molecule has 0 saturated heterocycles. The van der Waals surface area contributed by atoms with Gasteiger partial charge in [0.25, 0.3) is 0 Å². The number of nitrogens with zero attached hydrogens (tertiary/aromatic N) is 1. The fourth-order valence-electron chi connectivity index (χ4n) is 3.56. The highest BCUT2D eigenvalue weighted by Gasteiger charge is 2.16. The Morgan fingerprint density at radius 3 is 2.50 bits per heavy atom. The molecule has 152 valence electrons. The van der Waals surface area contributed by atoms with E-state index in [0.717, 1.165) is 29.3 Å². The summed E-state index contributed by atoms with van der Waals surface area (Å²) in [6.45, 7) is 4.72. The van der Waals surface area contributed by atoms with Gasteiger partial charge in [0.1, 0.15) is 0 Å². The summed E-state index contributed by atoms with van der Waals surface area (Å²) in [7, 11) is 0. The molecule has 1 aromatic carbocycles. The minimum absolute atomic E-state index is 0.0687. The predicted octanol–water partition coefficient (Wildman–Crippen LogP) is 6.39. The van der Waals surface area contributed by atoms with Crippen LogP contribution in [0.5, 0.6) is 0 Å². The molecule has 2 aromatic rings. The summed E-state index contributed by atoms with van der Waals surface area (Å²) in [6, 6.07) is 7.85. The number of carbonyl (C=O) groups is 2. The molecule has 0 saturated carbocycles. The van der Waals surface area contributed by atoms with E-state index in [1.807, 2.05) is 42.0 Å². The molecule has 1 heterocycles. The van der Waals surface area contributed by atoms with Crippen molar-refractivity contribution in [1.29, 1.82) is 0 Å². The van der Waals surface area contributed by atoms with Crippen molar-refractivity contribution < 1.29 is 14.7 Å². The number of aliphatic carboxylic acids is 1. The van der Waals surface area contributed by atoms with Crippen molar-refractivity contribution in [2.45, 2.75) is 78.2 Å². The molecule has 0 fully saturated rings. The monoisotopic (exact) mass is 383 g/mol. The fraction of sp³-hybridized carbons (Fsp3) is 0.500. The van der Waals surface area contributed by atoms with Crippen molar-refractivity contribution in [3.05, 3.63) is 47.7 Å². The molecule has 0 aliphatic heterocycles. The molecule has 0 aliphatic rings. The first-order chi connectivity index (χ1) is 13.5. The van der Waals surface area contributed by atoms with Gasteiger partial charge in [0.05, 0.1) is 0 Å². The average molecular weight is 384 g/mol. The van der Waals surface area contributed by atoms with Gasteiger partial charge in [-0.1, -0.05) is 63.3 Å². The summed E-state index contributed by atoms with van der Waals surface area (Å²) in [5.74, 6) is -0.722. The van der Waals surface area contributed by atoms with E-state index in [9.17, 15) is 9.59 Å². The van der Waals surface area contributed by atoms with Crippen LogP contribution in [0.25, 0.3) is 10.9 Å². The number of carboxylic acid groups (broad SMARTS) is 1. The number of para-hydroxylation sites is 1. The maximum Gasteiger partial charge on any atom is 0.303 e. The van der Waals surface area contributed by atoms with Gasteiger partial charge in [-0.05, 0) is 37.8 Å². The number of carbonyl (C=O) groups excluding carboxylic acids is 1. The number of hydrogen-bond donors (Lipinski definition) is 1. The van der Waals surface area contributed by atoms with Crippen molar-refractivity contribution >= 4 is 22.7 Å². The Morgan fingerprint density at radius 2 is 1.75 bits per heavy atom. The Labute approximate surface area is 168 Å². The van der Waals surface area contributed by atoms with Crippen molar-refractivity contribution in [3.63, 3.8) is 0 Å². The minimum atomic E-state index is -0.791. The molecule has 4 heteroatoms. The largest absolute Gasteiger partial charge is 0.481 e. The molecule has 0 unspecified atom stereocenters. The van der Waals surface area contributed by atoms with E-state index in [4.69, 9.17) is 5.11 Å². The minimum Gasteiger partial charge on any atom is -0.481 e. The van der Waals surface area contributed by atoms with Crippen LogP contribution in [0.3, 0.4) is 0 Å². The lowest BCUT2D eigenvalue weighted by atomic mass is 10.0. The van der Waals surface area contributed by atoms with E-state index in [1.54, 1.807) is 0 Å². The van der Waals surface area contributed by atoms with Crippen molar-refractivity contribution in [2.75, 3.05) is 0 Å². The topological polar surface area (TPSA) is 59.3 Å². The maximum atomic E-state index is 13.0. The van der Waals surface area contributed by atoms with Gasteiger partial charge < -0.3 is 9.67 Å². The average Bonchev–Trinajstić information content (AvgIpc) is 3.05. The highest BCUT2D eigenvalue weighted by atomic mass is 16.4. The van der Waals surface area contributed by atoms with Crippen LogP contribution in [0, 0.1) is 0 Å². The quantitative estimate of drug-likeness (QED) is 0.248. The number of ketones is 1. The normalized spacial score (nSPS) is 11.9. The number of benzene rings is 1. The molecule has 4 nitrogen and oxygen atoms in total. The van der Waals surface area contributed by atoms with Gasteiger partial charge in [-0.3, -0.25) is 9.59 Å². The second kappa shape index (κ2) is 11.5. The first kappa shape index (κ1) is 21.9. The number of aryl methyl sites for hydroxylation is 1. The lowest BCUT2D eigenvalue weighted by molar-refractivity contribution is -0.137. The van der Waals surface area contributed by atoms with Gasteiger partial charge in [-0.25, -0.2) is 0 Å². The SMILES string of the molecule is CCCCCCCC/C=C(\C)C(=O)c1cn(CCCC(=O)O)c2ccccc12. The molecule has 0 aliphatic carbocycles. The van der Waals surface area contributed by atoms with Gasteiger partial charge in [-0.2, -0.15) is 0 Å². The van der Waals surface area contributed by atoms with Crippen LogP contribution in [-0.2, 0) is 11.3 Å². The van der Waals surface area contributed by atoms with E-state index < -0.39 is 5.97 Å². The summed E-state index contributed by atoms with van der Waals surface area (Å²) in [6.07, 6.45) is 13.1. The second-order valence-electron chi connectivity index (χ2n) is 7.52. The Morgan fingerprint density at radius 1 is 1.04 bits per heavy atom. The molecule has 0 spiro atoms. The van der Waals surface area contributed by atoms with E-state index >= 15 is 0 Å². The number of aromatic nitrogens is 1.